The van der Waals surface area contributed by atoms with Crippen molar-refractivity contribution in [3.63, 3.8) is 0 Å². The molecule has 1 aromatic rings. The van der Waals surface area contributed by atoms with Crippen LogP contribution in [0.4, 0.5) is 8.78 Å². The van der Waals surface area contributed by atoms with Crippen molar-refractivity contribution in [3.05, 3.63) is 35.4 Å². The molecule has 20 heavy (non-hydrogen) atoms. The van der Waals surface area contributed by atoms with E-state index >= 15 is 0 Å². The van der Waals surface area contributed by atoms with Crippen LogP contribution in [0, 0.1) is 11.6 Å². The summed E-state index contributed by atoms with van der Waals surface area (Å²) in [6.45, 7) is 4.36. The van der Waals surface area contributed by atoms with Crippen LogP contribution >= 0.6 is 0 Å². The van der Waals surface area contributed by atoms with Gasteiger partial charge in [0, 0.05) is 18.7 Å². The summed E-state index contributed by atoms with van der Waals surface area (Å²) >= 11 is 0. The van der Waals surface area contributed by atoms with Crippen molar-refractivity contribution in [1.29, 1.82) is 0 Å². The van der Waals surface area contributed by atoms with Gasteiger partial charge in [0.2, 0.25) is 0 Å². The quantitative estimate of drug-likeness (QED) is 0.796. The van der Waals surface area contributed by atoms with E-state index in [1.807, 2.05) is 18.9 Å². The second kappa shape index (κ2) is 5.97. The van der Waals surface area contributed by atoms with Crippen LogP contribution < -0.4 is 0 Å². The molecule has 0 saturated carbocycles. The van der Waals surface area contributed by atoms with Crippen molar-refractivity contribution >= 4 is 5.78 Å². The first-order chi connectivity index (χ1) is 9.41. The summed E-state index contributed by atoms with van der Waals surface area (Å²) in [6, 6.07) is 2.69. The molecule has 1 aliphatic heterocycles. The highest BCUT2D eigenvalue weighted by molar-refractivity contribution is 6.00. The van der Waals surface area contributed by atoms with E-state index in [4.69, 9.17) is 4.74 Å². The third-order valence-electron chi connectivity index (χ3n) is 4.05. The van der Waals surface area contributed by atoms with Crippen LogP contribution in [-0.2, 0) is 4.74 Å². The van der Waals surface area contributed by atoms with Gasteiger partial charge in [-0.3, -0.25) is 9.69 Å². The van der Waals surface area contributed by atoms with E-state index in [0.717, 1.165) is 18.6 Å². The Morgan fingerprint density at radius 1 is 1.45 bits per heavy atom. The lowest BCUT2D eigenvalue weighted by Crippen LogP contribution is -2.46. The van der Waals surface area contributed by atoms with Crippen molar-refractivity contribution < 1.29 is 18.3 Å². The predicted molar refractivity (Wildman–Crippen MR) is 71.7 cm³/mol. The standard InChI is InChI=1S/C15H19F2NO2/c1-9(18(3)14-6-7-20-10(14)2)15(19)12-5-4-11(16)8-13(12)17/h4-5,8-10,14H,6-7H2,1-3H3. The highest BCUT2D eigenvalue weighted by atomic mass is 19.1. The molecule has 110 valence electrons. The number of halogens is 2. The fourth-order valence-corrected chi connectivity index (χ4v) is 2.64. The average Bonchev–Trinajstić information content (AvgIpc) is 2.82. The summed E-state index contributed by atoms with van der Waals surface area (Å²) in [5.74, 6) is -1.84. The van der Waals surface area contributed by atoms with Crippen LogP contribution in [-0.4, -0.2) is 42.5 Å². The SMILES string of the molecule is CC1OCCC1N(C)C(C)C(=O)c1ccc(F)cc1F. The molecule has 0 radical (unpaired) electrons. The Morgan fingerprint density at radius 3 is 2.70 bits per heavy atom. The van der Waals surface area contributed by atoms with Gasteiger partial charge in [-0.15, -0.1) is 0 Å². The minimum Gasteiger partial charge on any atom is -0.377 e. The molecule has 0 N–H and O–H groups in total. The van der Waals surface area contributed by atoms with Gasteiger partial charge < -0.3 is 4.74 Å². The molecular weight excluding hydrogens is 264 g/mol. The number of rotatable bonds is 4. The molecule has 2 rings (SSSR count). The summed E-state index contributed by atoms with van der Waals surface area (Å²) in [4.78, 5) is 14.2. The summed E-state index contributed by atoms with van der Waals surface area (Å²) in [5.41, 5.74) is -0.0719. The molecule has 1 aromatic carbocycles. The van der Waals surface area contributed by atoms with Gasteiger partial charge in [0.05, 0.1) is 17.7 Å². The molecule has 0 aliphatic carbocycles. The van der Waals surface area contributed by atoms with Crippen LogP contribution in [0.5, 0.6) is 0 Å². The number of hydrogen-bond donors (Lipinski definition) is 0. The van der Waals surface area contributed by atoms with E-state index in [2.05, 4.69) is 0 Å². The Hall–Kier alpha value is -1.33. The van der Waals surface area contributed by atoms with Crippen LogP contribution in [0.15, 0.2) is 18.2 Å². The first kappa shape index (κ1) is 15.1. The fourth-order valence-electron chi connectivity index (χ4n) is 2.64. The Labute approximate surface area is 117 Å². The normalized spacial score (nSPS) is 24.1. The van der Waals surface area contributed by atoms with Crippen LogP contribution in [0.3, 0.4) is 0 Å². The number of Topliss-reactive ketones (excluding diaryl/α,β-unsaturated/α-hetero) is 1. The first-order valence-electron chi connectivity index (χ1n) is 6.74. The zero-order chi connectivity index (χ0) is 14.9. The van der Waals surface area contributed by atoms with Gasteiger partial charge in [0.1, 0.15) is 11.6 Å². The zero-order valence-corrected chi connectivity index (χ0v) is 11.9. The van der Waals surface area contributed by atoms with Gasteiger partial charge in [-0.2, -0.15) is 0 Å². The molecule has 3 unspecified atom stereocenters. The smallest absolute Gasteiger partial charge is 0.182 e. The van der Waals surface area contributed by atoms with Gasteiger partial charge in [0.15, 0.2) is 5.78 Å². The second-order valence-electron chi connectivity index (χ2n) is 5.26. The van der Waals surface area contributed by atoms with Crippen molar-refractivity contribution in [1.82, 2.24) is 4.90 Å². The third kappa shape index (κ3) is 2.88. The van der Waals surface area contributed by atoms with Crippen molar-refractivity contribution in [3.8, 4) is 0 Å². The Bertz CT molecular complexity index is 507. The molecule has 1 fully saturated rings. The molecule has 0 spiro atoms. The van der Waals surface area contributed by atoms with E-state index in [9.17, 15) is 13.6 Å². The lowest BCUT2D eigenvalue weighted by Gasteiger charge is -2.31. The van der Waals surface area contributed by atoms with Gasteiger partial charge in [-0.1, -0.05) is 0 Å². The Balaban J connectivity index is 2.15. The Kier molecular flexibility index (Phi) is 4.50. The van der Waals surface area contributed by atoms with Crippen molar-refractivity contribution in [2.45, 2.75) is 38.5 Å². The van der Waals surface area contributed by atoms with Gasteiger partial charge >= 0.3 is 0 Å². The average molecular weight is 283 g/mol. The number of ketones is 1. The largest absolute Gasteiger partial charge is 0.377 e. The third-order valence-corrected chi connectivity index (χ3v) is 4.05. The van der Waals surface area contributed by atoms with E-state index in [-0.39, 0.29) is 23.5 Å². The van der Waals surface area contributed by atoms with E-state index < -0.39 is 17.7 Å². The number of ether oxygens (including phenoxy) is 1. The second-order valence-corrected chi connectivity index (χ2v) is 5.26. The molecule has 5 heteroatoms. The van der Waals surface area contributed by atoms with Crippen molar-refractivity contribution in [2.75, 3.05) is 13.7 Å². The Morgan fingerprint density at radius 2 is 2.15 bits per heavy atom. The van der Waals surface area contributed by atoms with Gasteiger partial charge in [-0.25, -0.2) is 8.78 Å². The maximum Gasteiger partial charge on any atom is 0.182 e. The van der Waals surface area contributed by atoms with E-state index in [1.54, 1.807) is 6.92 Å². The summed E-state index contributed by atoms with van der Waals surface area (Å²) < 4.78 is 32.0. The molecule has 3 nitrogen and oxygen atoms in total. The molecule has 3 atom stereocenters. The van der Waals surface area contributed by atoms with Crippen LogP contribution in [0.1, 0.15) is 30.6 Å². The fraction of sp³-hybridized carbons (Fsp3) is 0.533. The topological polar surface area (TPSA) is 29.5 Å². The maximum atomic E-state index is 13.7. The summed E-state index contributed by atoms with van der Waals surface area (Å²) in [5, 5.41) is 0. The highest BCUT2D eigenvalue weighted by Crippen LogP contribution is 2.22. The monoisotopic (exact) mass is 283 g/mol. The van der Waals surface area contributed by atoms with Gasteiger partial charge in [-0.05, 0) is 39.4 Å². The minimum atomic E-state index is -0.814. The summed E-state index contributed by atoms with van der Waals surface area (Å²) in [6.07, 6.45) is 0.898. The molecule has 1 saturated heterocycles. The molecule has 1 aliphatic rings. The predicted octanol–water partition coefficient (Wildman–Crippen LogP) is 2.65. The van der Waals surface area contributed by atoms with Gasteiger partial charge in [0.25, 0.3) is 0 Å². The molecule has 0 amide bonds. The highest BCUT2D eigenvalue weighted by Gasteiger charge is 2.33. The number of likely N-dealkylation sites (N-methyl/N-ethyl adjacent to an activating group) is 1. The lowest BCUT2D eigenvalue weighted by atomic mass is 10.0. The van der Waals surface area contributed by atoms with E-state index in [0.29, 0.717) is 6.61 Å². The van der Waals surface area contributed by atoms with Crippen LogP contribution in [0.25, 0.3) is 0 Å². The van der Waals surface area contributed by atoms with E-state index in [1.165, 1.54) is 6.07 Å². The number of hydrogen-bond acceptors (Lipinski definition) is 3. The summed E-state index contributed by atoms with van der Waals surface area (Å²) in [7, 11) is 1.83. The zero-order valence-electron chi connectivity index (χ0n) is 11.9. The number of nitrogens with zero attached hydrogens (tertiary/aromatic N) is 1. The molecular formula is C15H19F2NO2. The molecule has 0 bridgehead atoms. The number of carbonyl (C=O) groups excluding carboxylic acids is 1. The molecule has 1 heterocycles. The maximum absolute atomic E-state index is 13.7. The van der Waals surface area contributed by atoms with Crippen molar-refractivity contribution in [2.24, 2.45) is 0 Å². The van der Waals surface area contributed by atoms with Crippen LogP contribution in [0.2, 0.25) is 0 Å². The lowest BCUT2D eigenvalue weighted by molar-refractivity contribution is 0.0603. The minimum absolute atomic E-state index is 0.0494. The molecule has 0 aromatic heterocycles. The first-order valence-corrected chi connectivity index (χ1v) is 6.74. The number of benzene rings is 1. The number of carbonyl (C=O) groups is 1.